The fourth-order valence-electron chi connectivity index (χ4n) is 8.10. The molecule has 4 aliphatic rings. The first-order valence-corrected chi connectivity index (χ1v) is 15.2. The van der Waals surface area contributed by atoms with E-state index in [-0.39, 0.29) is 11.9 Å². The number of allylic oxidation sites excluding steroid dienone is 1. The molecule has 33 heavy (non-hydrogen) atoms. The third-order valence-corrected chi connectivity index (χ3v) is 11.5. The standard InChI is InChI=1S/C27H38O3S.C2H6/c1-27-16-15-24-23-13-11-21(28)18-19(23)9-12-25(24)26(27)14-10-20(27)6-5-17-31(29,30)22-7-3-2-4-8-22;1-2/h2-4,7-9,20-21,23-26,28H,5-6,10-18H2,1H3;1-2H3. The molecule has 3 saturated carbocycles. The van der Waals surface area contributed by atoms with Crippen molar-refractivity contribution in [2.24, 2.45) is 35.0 Å². The summed E-state index contributed by atoms with van der Waals surface area (Å²) in [4.78, 5) is 0.466. The number of hydrogen-bond donors (Lipinski definition) is 1. The van der Waals surface area contributed by atoms with Crippen molar-refractivity contribution in [3.8, 4) is 0 Å². The zero-order chi connectivity index (χ0) is 23.6. The maximum Gasteiger partial charge on any atom is 0.178 e. The third-order valence-electron chi connectivity index (χ3n) is 9.68. The van der Waals surface area contributed by atoms with Crippen LogP contribution in [0.25, 0.3) is 0 Å². The zero-order valence-corrected chi connectivity index (χ0v) is 21.7. The number of sulfone groups is 1. The first-order valence-electron chi connectivity index (χ1n) is 13.5. The van der Waals surface area contributed by atoms with Gasteiger partial charge >= 0.3 is 0 Å². The predicted octanol–water partition coefficient (Wildman–Crippen LogP) is 6.82. The van der Waals surface area contributed by atoms with E-state index in [9.17, 15) is 13.5 Å². The first kappa shape index (κ1) is 25.0. The molecular formula is C29H44O3S. The lowest BCUT2D eigenvalue weighted by atomic mass is 9.51. The van der Waals surface area contributed by atoms with Crippen molar-refractivity contribution in [3.05, 3.63) is 42.0 Å². The smallest absolute Gasteiger partial charge is 0.178 e. The second-order valence-corrected chi connectivity index (χ2v) is 13.2. The summed E-state index contributed by atoms with van der Waals surface area (Å²) in [5.41, 5.74) is 1.95. The molecular weight excluding hydrogens is 428 g/mol. The Balaban J connectivity index is 0.00000126. The van der Waals surface area contributed by atoms with Crippen LogP contribution in [0.4, 0.5) is 0 Å². The van der Waals surface area contributed by atoms with Gasteiger partial charge in [0, 0.05) is 0 Å². The molecule has 7 atom stereocenters. The molecule has 3 fully saturated rings. The molecule has 1 aromatic carbocycles. The average Bonchev–Trinajstić information content (AvgIpc) is 3.17. The van der Waals surface area contributed by atoms with Gasteiger partial charge in [0.1, 0.15) is 0 Å². The summed E-state index contributed by atoms with van der Waals surface area (Å²) < 4.78 is 25.4. The fraction of sp³-hybridized carbons (Fsp3) is 0.724. The van der Waals surface area contributed by atoms with Crippen LogP contribution >= 0.6 is 0 Å². The van der Waals surface area contributed by atoms with Gasteiger partial charge in [0.2, 0.25) is 0 Å². The second-order valence-electron chi connectivity index (χ2n) is 11.1. The molecule has 0 amide bonds. The SMILES string of the molecule is CC.CC12CCC3C4CCC(O)CC4=CCC3C1CCC2CCCS(=O)(=O)c1ccccc1. The Morgan fingerprint density at radius 3 is 2.52 bits per heavy atom. The van der Waals surface area contributed by atoms with Crippen LogP contribution in [-0.4, -0.2) is 25.4 Å². The van der Waals surface area contributed by atoms with Crippen LogP contribution in [0.2, 0.25) is 0 Å². The van der Waals surface area contributed by atoms with E-state index in [1.54, 1.807) is 17.7 Å². The predicted molar refractivity (Wildman–Crippen MR) is 136 cm³/mol. The highest BCUT2D eigenvalue weighted by Crippen LogP contribution is 2.64. The number of fused-ring (bicyclic) bond motifs is 5. The number of hydrogen-bond acceptors (Lipinski definition) is 3. The summed E-state index contributed by atoms with van der Waals surface area (Å²) >= 11 is 0. The van der Waals surface area contributed by atoms with E-state index in [1.165, 1.54) is 38.5 Å². The molecule has 0 spiro atoms. The van der Waals surface area contributed by atoms with Crippen molar-refractivity contribution in [1.82, 2.24) is 0 Å². The Kier molecular flexibility index (Phi) is 7.75. The van der Waals surface area contributed by atoms with Crippen molar-refractivity contribution >= 4 is 9.84 Å². The Morgan fingerprint density at radius 2 is 1.76 bits per heavy atom. The van der Waals surface area contributed by atoms with Crippen LogP contribution in [0.1, 0.15) is 85.0 Å². The highest BCUT2D eigenvalue weighted by molar-refractivity contribution is 7.91. The molecule has 0 saturated heterocycles. The highest BCUT2D eigenvalue weighted by atomic mass is 32.2. The Morgan fingerprint density at radius 1 is 1.00 bits per heavy atom. The third kappa shape index (κ3) is 4.85. The van der Waals surface area contributed by atoms with E-state index in [1.807, 2.05) is 32.0 Å². The van der Waals surface area contributed by atoms with Gasteiger partial charge in [-0.05, 0) is 111 Å². The lowest BCUT2D eigenvalue weighted by Crippen LogP contribution is -2.46. The Labute approximate surface area is 202 Å². The van der Waals surface area contributed by atoms with E-state index in [0.717, 1.165) is 49.4 Å². The van der Waals surface area contributed by atoms with Gasteiger partial charge in [0.05, 0.1) is 16.8 Å². The number of benzene rings is 1. The summed E-state index contributed by atoms with van der Waals surface area (Å²) in [6, 6.07) is 8.93. The number of rotatable bonds is 5. The van der Waals surface area contributed by atoms with Crippen LogP contribution in [0.15, 0.2) is 46.9 Å². The minimum atomic E-state index is -3.17. The molecule has 5 rings (SSSR count). The summed E-state index contributed by atoms with van der Waals surface area (Å²) in [5, 5.41) is 10.1. The van der Waals surface area contributed by atoms with Gasteiger partial charge < -0.3 is 5.11 Å². The van der Waals surface area contributed by atoms with E-state index in [0.29, 0.717) is 16.2 Å². The van der Waals surface area contributed by atoms with Crippen molar-refractivity contribution < 1.29 is 13.5 Å². The number of aliphatic hydroxyl groups is 1. The van der Waals surface area contributed by atoms with Crippen molar-refractivity contribution in [1.29, 1.82) is 0 Å². The summed E-state index contributed by atoms with van der Waals surface area (Å²) in [7, 11) is -3.17. The summed E-state index contributed by atoms with van der Waals surface area (Å²) in [5.74, 6) is 4.09. The van der Waals surface area contributed by atoms with E-state index < -0.39 is 9.84 Å². The molecule has 0 bridgehead atoms. The van der Waals surface area contributed by atoms with Crippen molar-refractivity contribution in [3.63, 3.8) is 0 Å². The van der Waals surface area contributed by atoms with Crippen molar-refractivity contribution in [2.75, 3.05) is 5.75 Å². The van der Waals surface area contributed by atoms with Crippen LogP contribution in [0.3, 0.4) is 0 Å². The molecule has 0 radical (unpaired) electrons. The van der Waals surface area contributed by atoms with Gasteiger partial charge in [-0.25, -0.2) is 8.42 Å². The first-order chi connectivity index (χ1) is 15.9. The van der Waals surface area contributed by atoms with Gasteiger partial charge in [0.15, 0.2) is 9.84 Å². The second kappa shape index (κ2) is 10.2. The van der Waals surface area contributed by atoms with Gasteiger partial charge in [-0.1, -0.05) is 50.6 Å². The molecule has 184 valence electrons. The maximum absolute atomic E-state index is 12.7. The molecule has 0 aliphatic heterocycles. The average molecular weight is 473 g/mol. The van der Waals surface area contributed by atoms with Gasteiger partial charge in [0.25, 0.3) is 0 Å². The van der Waals surface area contributed by atoms with Crippen LogP contribution in [0, 0.1) is 35.0 Å². The topological polar surface area (TPSA) is 54.4 Å². The highest BCUT2D eigenvalue weighted by Gasteiger charge is 2.55. The maximum atomic E-state index is 12.7. The zero-order valence-electron chi connectivity index (χ0n) is 20.9. The van der Waals surface area contributed by atoms with Gasteiger partial charge in [-0.15, -0.1) is 0 Å². The van der Waals surface area contributed by atoms with Gasteiger partial charge in [-0.3, -0.25) is 0 Å². The molecule has 1 N–H and O–H groups in total. The monoisotopic (exact) mass is 472 g/mol. The lowest BCUT2D eigenvalue weighted by Gasteiger charge is -2.54. The summed E-state index contributed by atoms with van der Waals surface area (Å²) in [6.45, 7) is 6.53. The lowest BCUT2D eigenvalue weighted by molar-refractivity contribution is -0.0196. The largest absolute Gasteiger partial charge is 0.393 e. The van der Waals surface area contributed by atoms with E-state index >= 15 is 0 Å². The van der Waals surface area contributed by atoms with E-state index in [4.69, 9.17) is 0 Å². The Hall–Kier alpha value is -1.13. The van der Waals surface area contributed by atoms with Crippen molar-refractivity contribution in [2.45, 2.75) is 96.0 Å². The van der Waals surface area contributed by atoms with E-state index in [2.05, 4.69) is 13.0 Å². The normalized spacial score (nSPS) is 37.6. The Bertz CT molecular complexity index is 921. The quantitative estimate of drug-likeness (QED) is 0.479. The van der Waals surface area contributed by atoms with Crippen LogP contribution in [0.5, 0.6) is 0 Å². The van der Waals surface area contributed by atoms with Crippen LogP contribution in [-0.2, 0) is 9.84 Å². The molecule has 3 nitrogen and oxygen atoms in total. The van der Waals surface area contributed by atoms with Crippen LogP contribution < -0.4 is 0 Å². The molecule has 1 aromatic rings. The molecule has 4 heteroatoms. The molecule has 7 unspecified atom stereocenters. The molecule has 4 aliphatic carbocycles. The molecule has 0 heterocycles. The minimum absolute atomic E-state index is 0.115. The fourth-order valence-corrected chi connectivity index (χ4v) is 9.45. The number of aliphatic hydroxyl groups excluding tert-OH is 1. The summed E-state index contributed by atoms with van der Waals surface area (Å²) in [6.07, 6.45) is 13.7. The van der Waals surface area contributed by atoms with Gasteiger partial charge in [-0.2, -0.15) is 0 Å². The molecule has 0 aromatic heterocycles. The minimum Gasteiger partial charge on any atom is -0.393 e.